The predicted molar refractivity (Wildman–Crippen MR) is 124 cm³/mol. The van der Waals surface area contributed by atoms with E-state index in [1.807, 2.05) is 54.6 Å². The fourth-order valence-corrected chi connectivity index (χ4v) is 6.45. The number of benzene rings is 3. The van der Waals surface area contributed by atoms with Crippen LogP contribution in [0.25, 0.3) is 0 Å². The first kappa shape index (κ1) is 22.9. The van der Waals surface area contributed by atoms with E-state index in [0.29, 0.717) is 6.16 Å². The summed E-state index contributed by atoms with van der Waals surface area (Å²) < 4.78 is 29.3. The Bertz CT molecular complexity index is 827. The van der Waals surface area contributed by atoms with Gasteiger partial charge in [-0.3, -0.25) is 13.4 Å². The normalized spacial score (nSPS) is 12.5. The molecule has 1 unspecified atom stereocenters. The van der Waals surface area contributed by atoms with Crippen LogP contribution in [0.1, 0.15) is 30.5 Å². The molecule has 0 N–H and O–H groups in total. The summed E-state index contributed by atoms with van der Waals surface area (Å²) in [6, 6.07) is 31.1. The number of hydrogen-bond donors (Lipinski definition) is 0. The van der Waals surface area contributed by atoms with Crippen molar-refractivity contribution in [1.82, 2.24) is 0 Å². The molecule has 0 aromatic heterocycles. The van der Waals surface area contributed by atoms with Gasteiger partial charge in [0.05, 0.1) is 18.6 Å². The van der Waals surface area contributed by atoms with Crippen LogP contribution < -0.4 is 0 Å². The second-order valence-electron chi connectivity index (χ2n) is 6.70. The van der Waals surface area contributed by atoms with Crippen molar-refractivity contribution in [2.45, 2.75) is 19.3 Å². The average molecular weight is 442 g/mol. The van der Waals surface area contributed by atoms with Gasteiger partial charge in [0.1, 0.15) is 0 Å². The molecule has 6 heteroatoms. The van der Waals surface area contributed by atoms with E-state index in [1.54, 1.807) is 13.8 Å². The SMILES string of the molecule is CCOP(=O)(OCC)OPCC(c1ccccc1)(c1ccccc1)c1ccccc1. The van der Waals surface area contributed by atoms with Gasteiger partial charge in [-0.2, -0.15) is 0 Å². The first-order valence-corrected chi connectivity index (χ1v) is 12.7. The zero-order valence-corrected chi connectivity index (χ0v) is 19.3. The maximum absolute atomic E-state index is 12.8. The van der Waals surface area contributed by atoms with Gasteiger partial charge in [0.2, 0.25) is 0 Å². The highest BCUT2D eigenvalue weighted by Crippen LogP contribution is 2.56. The summed E-state index contributed by atoms with van der Waals surface area (Å²) in [7, 11) is -3.65. The van der Waals surface area contributed by atoms with E-state index in [-0.39, 0.29) is 22.0 Å². The molecular weight excluding hydrogens is 414 g/mol. The largest absolute Gasteiger partial charge is 0.477 e. The lowest BCUT2D eigenvalue weighted by atomic mass is 9.71. The van der Waals surface area contributed by atoms with Crippen molar-refractivity contribution in [1.29, 1.82) is 0 Å². The summed E-state index contributed by atoms with van der Waals surface area (Å²) >= 11 is 0. The third-order valence-corrected chi connectivity index (χ3v) is 8.12. The highest BCUT2D eigenvalue weighted by Gasteiger charge is 2.37. The molecule has 0 aliphatic carbocycles. The Morgan fingerprint density at radius 3 is 1.40 bits per heavy atom. The molecule has 4 nitrogen and oxygen atoms in total. The van der Waals surface area contributed by atoms with Crippen molar-refractivity contribution in [3.63, 3.8) is 0 Å². The number of hydrogen-bond acceptors (Lipinski definition) is 4. The number of phosphoric acid groups is 1. The third kappa shape index (κ3) is 5.27. The summed E-state index contributed by atoms with van der Waals surface area (Å²) in [5.41, 5.74) is 3.01. The Hall–Kier alpha value is -1.80. The first-order chi connectivity index (χ1) is 14.6. The van der Waals surface area contributed by atoms with Gasteiger partial charge < -0.3 is 0 Å². The van der Waals surface area contributed by atoms with Crippen molar-refractivity contribution in [2.75, 3.05) is 19.4 Å². The molecule has 0 saturated heterocycles. The highest BCUT2D eigenvalue weighted by molar-refractivity contribution is 7.56. The Labute approximate surface area is 181 Å². The molecule has 0 amide bonds. The van der Waals surface area contributed by atoms with E-state index in [0.717, 1.165) is 16.7 Å². The standard InChI is InChI=1S/C24H28O4P2/c1-3-26-30(25,27-4-2)28-29-20-24(21-14-8-5-9-15-21,22-16-10-6-11-17-22)23-18-12-7-13-19-23/h5-19,29H,3-4,20H2,1-2H3. The van der Waals surface area contributed by atoms with Gasteiger partial charge in [-0.1, -0.05) is 91.0 Å². The van der Waals surface area contributed by atoms with Crippen LogP contribution in [0.5, 0.6) is 0 Å². The monoisotopic (exact) mass is 442 g/mol. The predicted octanol–water partition coefficient (Wildman–Crippen LogP) is 6.81. The summed E-state index contributed by atoms with van der Waals surface area (Å²) in [6.45, 7) is 4.09. The molecular formula is C24H28O4P2. The lowest BCUT2D eigenvalue weighted by molar-refractivity contribution is 0.173. The fourth-order valence-electron chi connectivity index (χ4n) is 3.60. The van der Waals surface area contributed by atoms with Crippen LogP contribution in [0, 0.1) is 0 Å². The van der Waals surface area contributed by atoms with E-state index < -0.39 is 13.2 Å². The van der Waals surface area contributed by atoms with Gasteiger partial charge in [-0.25, -0.2) is 4.57 Å². The minimum atomic E-state index is -3.57. The smallest absolute Gasteiger partial charge is 0.287 e. The molecule has 1 atom stereocenters. The molecule has 0 aliphatic rings. The molecule has 0 fully saturated rings. The Kier molecular flexibility index (Phi) is 8.39. The van der Waals surface area contributed by atoms with Gasteiger partial charge in [-0.15, -0.1) is 0 Å². The van der Waals surface area contributed by atoms with Gasteiger partial charge >= 0.3 is 7.82 Å². The summed E-state index contributed by atoms with van der Waals surface area (Å²) in [5.74, 6) is 0. The van der Waals surface area contributed by atoms with E-state index >= 15 is 0 Å². The van der Waals surface area contributed by atoms with Crippen LogP contribution in [0.4, 0.5) is 0 Å². The van der Waals surface area contributed by atoms with Crippen molar-refractivity contribution in [3.8, 4) is 0 Å². The molecule has 0 aliphatic heterocycles. The molecule has 3 rings (SSSR count). The third-order valence-electron chi connectivity index (χ3n) is 4.89. The topological polar surface area (TPSA) is 44.8 Å². The minimum absolute atomic E-state index is 0.0819. The Morgan fingerprint density at radius 2 is 1.07 bits per heavy atom. The average Bonchev–Trinajstić information content (AvgIpc) is 2.79. The van der Waals surface area contributed by atoms with Gasteiger partial charge in [0, 0.05) is 15.0 Å². The zero-order chi connectivity index (χ0) is 21.3. The quantitative estimate of drug-likeness (QED) is 0.242. The van der Waals surface area contributed by atoms with Gasteiger partial charge in [-0.05, 0) is 30.5 Å². The maximum atomic E-state index is 12.8. The maximum Gasteiger partial charge on any atom is 0.477 e. The molecule has 3 aromatic rings. The lowest BCUT2D eigenvalue weighted by Gasteiger charge is -2.36. The second-order valence-corrected chi connectivity index (χ2v) is 9.48. The Morgan fingerprint density at radius 1 is 0.700 bits per heavy atom. The van der Waals surface area contributed by atoms with Crippen LogP contribution >= 0.6 is 16.6 Å². The minimum Gasteiger partial charge on any atom is -0.287 e. The molecule has 158 valence electrons. The first-order valence-electron chi connectivity index (χ1n) is 10.1. The van der Waals surface area contributed by atoms with Crippen molar-refractivity contribution in [2.24, 2.45) is 0 Å². The highest BCUT2D eigenvalue weighted by atomic mass is 31.2. The van der Waals surface area contributed by atoms with E-state index in [2.05, 4.69) is 36.4 Å². The van der Waals surface area contributed by atoms with Crippen LogP contribution in [-0.2, 0) is 23.3 Å². The van der Waals surface area contributed by atoms with E-state index in [9.17, 15) is 4.57 Å². The summed E-state index contributed by atoms with van der Waals surface area (Å²) in [6.07, 6.45) is 0.606. The van der Waals surface area contributed by atoms with Crippen LogP contribution in [0.3, 0.4) is 0 Å². The van der Waals surface area contributed by atoms with Gasteiger partial charge in [0.25, 0.3) is 0 Å². The summed E-state index contributed by atoms with van der Waals surface area (Å²) in [5, 5.41) is 0. The zero-order valence-electron chi connectivity index (χ0n) is 17.4. The molecule has 0 saturated carbocycles. The molecule has 0 spiro atoms. The molecule has 0 radical (unpaired) electrons. The van der Waals surface area contributed by atoms with E-state index in [4.69, 9.17) is 13.4 Å². The number of phosphoric ester groups is 1. The van der Waals surface area contributed by atoms with Crippen molar-refractivity contribution < 1.29 is 17.9 Å². The van der Waals surface area contributed by atoms with Crippen molar-refractivity contribution >= 4 is 16.6 Å². The van der Waals surface area contributed by atoms with Crippen LogP contribution in [-0.4, -0.2) is 19.4 Å². The molecule has 3 aromatic carbocycles. The fraction of sp³-hybridized carbons (Fsp3) is 0.250. The van der Waals surface area contributed by atoms with Crippen LogP contribution in [0.2, 0.25) is 0 Å². The van der Waals surface area contributed by atoms with Crippen molar-refractivity contribution in [3.05, 3.63) is 108 Å². The second kappa shape index (κ2) is 11.0. The number of rotatable bonds is 11. The van der Waals surface area contributed by atoms with E-state index in [1.165, 1.54) is 0 Å². The summed E-state index contributed by atoms with van der Waals surface area (Å²) in [4.78, 5) is 0. The lowest BCUT2D eigenvalue weighted by Crippen LogP contribution is -2.32. The van der Waals surface area contributed by atoms with Gasteiger partial charge in [0.15, 0.2) is 0 Å². The molecule has 0 heterocycles. The molecule has 0 bridgehead atoms. The Balaban J connectivity index is 2.04. The molecule has 30 heavy (non-hydrogen) atoms. The van der Waals surface area contributed by atoms with Crippen LogP contribution in [0.15, 0.2) is 91.0 Å².